The first-order chi connectivity index (χ1) is 9.88. The number of halogens is 2. The molecule has 2 aromatic carbocycles. The zero-order valence-electron chi connectivity index (χ0n) is 11.8. The van der Waals surface area contributed by atoms with Crippen molar-refractivity contribution in [2.75, 3.05) is 11.1 Å². The van der Waals surface area contributed by atoms with E-state index in [2.05, 4.69) is 5.32 Å². The highest BCUT2D eigenvalue weighted by Crippen LogP contribution is 2.26. The highest BCUT2D eigenvalue weighted by atomic mass is 19.1. The quantitative estimate of drug-likeness (QED) is 0.852. The molecule has 3 nitrogen and oxygen atoms in total. The van der Waals surface area contributed by atoms with Gasteiger partial charge in [-0.15, -0.1) is 0 Å². The van der Waals surface area contributed by atoms with E-state index < -0.39 is 17.5 Å². The standard InChI is InChI=1S/C16H16F2N2O/c1-9-3-6-14(19)16(10(9)2)20-15(21)7-11-4-5-12(17)8-13(11)18/h3-6,8H,7,19H2,1-2H3,(H,20,21). The molecule has 0 spiro atoms. The van der Waals surface area contributed by atoms with Gasteiger partial charge in [-0.05, 0) is 42.7 Å². The predicted molar refractivity (Wildman–Crippen MR) is 79.0 cm³/mol. The highest BCUT2D eigenvalue weighted by Gasteiger charge is 2.12. The van der Waals surface area contributed by atoms with Gasteiger partial charge in [-0.3, -0.25) is 4.79 Å². The van der Waals surface area contributed by atoms with Crippen molar-refractivity contribution in [1.29, 1.82) is 0 Å². The van der Waals surface area contributed by atoms with Gasteiger partial charge >= 0.3 is 0 Å². The number of amides is 1. The Morgan fingerprint density at radius 3 is 2.57 bits per heavy atom. The van der Waals surface area contributed by atoms with Gasteiger partial charge in [-0.1, -0.05) is 12.1 Å². The molecule has 2 rings (SSSR count). The summed E-state index contributed by atoms with van der Waals surface area (Å²) in [7, 11) is 0. The van der Waals surface area contributed by atoms with Crippen LogP contribution in [-0.2, 0) is 11.2 Å². The Kier molecular flexibility index (Phi) is 4.21. The molecular formula is C16H16F2N2O. The molecule has 0 aromatic heterocycles. The van der Waals surface area contributed by atoms with Crippen LogP contribution in [0, 0.1) is 25.5 Å². The van der Waals surface area contributed by atoms with Crippen molar-refractivity contribution in [3.8, 4) is 0 Å². The lowest BCUT2D eigenvalue weighted by atomic mass is 10.1. The number of nitrogens with one attached hydrogen (secondary N) is 1. The smallest absolute Gasteiger partial charge is 0.228 e. The van der Waals surface area contributed by atoms with Gasteiger partial charge in [0.15, 0.2) is 0 Å². The Morgan fingerprint density at radius 2 is 1.90 bits per heavy atom. The van der Waals surface area contributed by atoms with Gasteiger partial charge in [-0.2, -0.15) is 0 Å². The highest BCUT2D eigenvalue weighted by molar-refractivity contribution is 5.96. The fraction of sp³-hybridized carbons (Fsp3) is 0.188. The lowest BCUT2D eigenvalue weighted by Gasteiger charge is -2.13. The van der Waals surface area contributed by atoms with Crippen LogP contribution in [0.3, 0.4) is 0 Å². The zero-order chi connectivity index (χ0) is 15.6. The first-order valence-electron chi connectivity index (χ1n) is 6.48. The number of hydrogen-bond donors (Lipinski definition) is 2. The fourth-order valence-corrected chi connectivity index (χ4v) is 2.02. The van der Waals surface area contributed by atoms with Crippen molar-refractivity contribution in [3.63, 3.8) is 0 Å². The van der Waals surface area contributed by atoms with E-state index in [-0.39, 0.29) is 12.0 Å². The van der Waals surface area contributed by atoms with Crippen molar-refractivity contribution in [2.24, 2.45) is 0 Å². The van der Waals surface area contributed by atoms with Crippen molar-refractivity contribution >= 4 is 17.3 Å². The first kappa shape index (κ1) is 15.0. The van der Waals surface area contributed by atoms with E-state index in [0.29, 0.717) is 11.4 Å². The lowest BCUT2D eigenvalue weighted by molar-refractivity contribution is -0.115. The minimum absolute atomic E-state index is 0.137. The fourth-order valence-electron chi connectivity index (χ4n) is 2.02. The van der Waals surface area contributed by atoms with Gasteiger partial charge < -0.3 is 11.1 Å². The topological polar surface area (TPSA) is 55.1 Å². The molecule has 0 aliphatic heterocycles. The molecule has 110 valence electrons. The van der Waals surface area contributed by atoms with Crippen molar-refractivity contribution < 1.29 is 13.6 Å². The van der Waals surface area contributed by atoms with Gasteiger partial charge in [0.25, 0.3) is 0 Å². The number of benzene rings is 2. The molecule has 0 saturated heterocycles. The Labute approximate surface area is 121 Å². The Morgan fingerprint density at radius 1 is 1.19 bits per heavy atom. The number of nitrogen functional groups attached to an aromatic ring is 1. The van der Waals surface area contributed by atoms with Crippen molar-refractivity contribution in [3.05, 3.63) is 58.7 Å². The third kappa shape index (κ3) is 3.37. The van der Waals surface area contributed by atoms with Crippen LogP contribution < -0.4 is 11.1 Å². The van der Waals surface area contributed by atoms with Crippen LogP contribution in [0.1, 0.15) is 16.7 Å². The molecule has 0 aliphatic carbocycles. The molecule has 0 unspecified atom stereocenters. The second kappa shape index (κ2) is 5.91. The zero-order valence-corrected chi connectivity index (χ0v) is 11.8. The summed E-state index contributed by atoms with van der Waals surface area (Å²) < 4.78 is 26.4. The maximum Gasteiger partial charge on any atom is 0.228 e. The van der Waals surface area contributed by atoms with Crippen molar-refractivity contribution in [1.82, 2.24) is 0 Å². The second-order valence-corrected chi connectivity index (χ2v) is 4.93. The van der Waals surface area contributed by atoms with Crippen LogP contribution in [0.15, 0.2) is 30.3 Å². The summed E-state index contributed by atoms with van der Waals surface area (Å²) in [5.41, 5.74) is 8.82. The SMILES string of the molecule is Cc1ccc(N)c(NC(=O)Cc2ccc(F)cc2F)c1C. The van der Waals surface area contributed by atoms with Crippen LogP contribution in [-0.4, -0.2) is 5.91 Å². The third-order valence-corrected chi connectivity index (χ3v) is 3.40. The molecule has 0 atom stereocenters. The average Bonchev–Trinajstić information content (AvgIpc) is 2.42. The van der Waals surface area contributed by atoms with Gasteiger partial charge in [0.1, 0.15) is 11.6 Å². The van der Waals surface area contributed by atoms with E-state index >= 15 is 0 Å². The molecule has 21 heavy (non-hydrogen) atoms. The van der Waals surface area contributed by atoms with Gasteiger partial charge in [0.05, 0.1) is 17.8 Å². The van der Waals surface area contributed by atoms with Crippen LogP contribution in [0.4, 0.5) is 20.2 Å². The molecular weight excluding hydrogens is 274 g/mol. The molecule has 2 aromatic rings. The average molecular weight is 290 g/mol. The summed E-state index contributed by atoms with van der Waals surface area (Å²) >= 11 is 0. The van der Waals surface area contributed by atoms with Crippen molar-refractivity contribution in [2.45, 2.75) is 20.3 Å². The molecule has 3 N–H and O–H groups in total. The second-order valence-electron chi connectivity index (χ2n) is 4.93. The summed E-state index contributed by atoms with van der Waals surface area (Å²) in [6.45, 7) is 3.75. The number of rotatable bonds is 3. The van der Waals surface area contributed by atoms with E-state index in [1.807, 2.05) is 19.9 Å². The molecule has 0 aliphatic rings. The van der Waals surface area contributed by atoms with E-state index in [0.717, 1.165) is 23.3 Å². The van der Waals surface area contributed by atoms with Crippen LogP contribution in [0.2, 0.25) is 0 Å². The Balaban J connectivity index is 2.17. The molecule has 0 fully saturated rings. The molecule has 5 heteroatoms. The maximum absolute atomic E-state index is 13.5. The largest absolute Gasteiger partial charge is 0.397 e. The van der Waals surface area contributed by atoms with E-state index in [1.165, 1.54) is 6.07 Å². The first-order valence-corrected chi connectivity index (χ1v) is 6.48. The lowest BCUT2D eigenvalue weighted by Crippen LogP contribution is -2.17. The van der Waals surface area contributed by atoms with E-state index in [9.17, 15) is 13.6 Å². The van der Waals surface area contributed by atoms with Gasteiger partial charge in [-0.25, -0.2) is 8.78 Å². The summed E-state index contributed by atoms with van der Waals surface area (Å²) in [5, 5.41) is 2.69. The van der Waals surface area contributed by atoms with E-state index in [4.69, 9.17) is 5.73 Å². The monoisotopic (exact) mass is 290 g/mol. The number of hydrogen-bond acceptors (Lipinski definition) is 2. The predicted octanol–water partition coefficient (Wildman–Crippen LogP) is 3.35. The number of nitrogens with two attached hydrogens (primary N) is 1. The van der Waals surface area contributed by atoms with Crippen LogP contribution in [0.25, 0.3) is 0 Å². The minimum Gasteiger partial charge on any atom is -0.397 e. The molecule has 0 radical (unpaired) electrons. The maximum atomic E-state index is 13.5. The molecule has 0 saturated carbocycles. The number of carbonyl (C=O) groups excluding carboxylic acids is 1. The normalized spacial score (nSPS) is 10.5. The minimum atomic E-state index is -0.737. The third-order valence-electron chi connectivity index (χ3n) is 3.40. The van der Waals surface area contributed by atoms with E-state index in [1.54, 1.807) is 6.07 Å². The number of aryl methyl sites for hydroxylation is 1. The summed E-state index contributed by atoms with van der Waals surface area (Å²) in [6.07, 6.45) is -0.182. The van der Waals surface area contributed by atoms with Crippen LogP contribution >= 0.6 is 0 Å². The Hall–Kier alpha value is -2.43. The van der Waals surface area contributed by atoms with Gasteiger partial charge in [0.2, 0.25) is 5.91 Å². The Bertz CT molecular complexity index is 699. The summed E-state index contributed by atoms with van der Waals surface area (Å²) in [5.74, 6) is -1.81. The van der Waals surface area contributed by atoms with Gasteiger partial charge in [0, 0.05) is 6.07 Å². The summed E-state index contributed by atoms with van der Waals surface area (Å²) in [4.78, 5) is 12.0. The number of carbonyl (C=O) groups is 1. The molecule has 0 bridgehead atoms. The number of anilines is 2. The molecule has 1 amide bonds. The van der Waals surface area contributed by atoms with Crippen LogP contribution in [0.5, 0.6) is 0 Å². The summed E-state index contributed by atoms with van der Waals surface area (Å²) in [6, 6.07) is 6.71. The molecule has 0 heterocycles.